The number of aliphatic hydroxyl groups excluding tert-OH is 1. The molecule has 1 aromatic carbocycles. The molecule has 3 nitrogen and oxygen atoms in total. The first-order valence-corrected chi connectivity index (χ1v) is 5.25. The van der Waals surface area contributed by atoms with Gasteiger partial charge in [0.25, 0.3) is 0 Å². The molecule has 1 aromatic rings. The van der Waals surface area contributed by atoms with Crippen LogP contribution in [0.1, 0.15) is 17.3 Å². The SMILES string of the molecule is CC(O)CN(C)CC(=O)c1cc(F)ccc1F. The van der Waals surface area contributed by atoms with Crippen LogP contribution < -0.4 is 0 Å². The predicted molar refractivity (Wildman–Crippen MR) is 59.9 cm³/mol. The van der Waals surface area contributed by atoms with Crippen LogP contribution in [0.2, 0.25) is 0 Å². The van der Waals surface area contributed by atoms with Gasteiger partial charge < -0.3 is 5.11 Å². The van der Waals surface area contributed by atoms with E-state index in [0.29, 0.717) is 6.54 Å². The third-order valence-corrected chi connectivity index (χ3v) is 2.22. The minimum atomic E-state index is -0.734. The minimum Gasteiger partial charge on any atom is -0.392 e. The number of ketones is 1. The van der Waals surface area contributed by atoms with E-state index in [1.807, 2.05) is 0 Å². The first-order chi connectivity index (χ1) is 7.90. The fourth-order valence-corrected chi connectivity index (χ4v) is 1.56. The molecule has 0 amide bonds. The maximum Gasteiger partial charge on any atom is 0.179 e. The lowest BCUT2D eigenvalue weighted by atomic mass is 10.1. The highest BCUT2D eigenvalue weighted by Gasteiger charge is 2.15. The average molecular weight is 243 g/mol. The Morgan fingerprint density at radius 1 is 1.47 bits per heavy atom. The lowest BCUT2D eigenvalue weighted by Crippen LogP contribution is -2.32. The van der Waals surface area contributed by atoms with Gasteiger partial charge in [-0.25, -0.2) is 8.78 Å². The molecule has 0 saturated carbocycles. The van der Waals surface area contributed by atoms with Crippen LogP contribution in [0.4, 0.5) is 8.78 Å². The second kappa shape index (κ2) is 5.84. The zero-order valence-corrected chi connectivity index (χ0v) is 9.78. The average Bonchev–Trinajstić information content (AvgIpc) is 2.20. The van der Waals surface area contributed by atoms with E-state index in [0.717, 1.165) is 18.2 Å². The number of rotatable bonds is 5. The Morgan fingerprint density at radius 3 is 2.71 bits per heavy atom. The van der Waals surface area contributed by atoms with Crippen LogP contribution in [-0.4, -0.2) is 42.0 Å². The summed E-state index contributed by atoms with van der Waals surface area (Å²) in [6.45, 7) is 1.82. The third kappa shape index (κ3) is 4.20. The number of hydrogen-bond acceptors (Lipinski definition) is 3. The van der Waals surface area contributed by atoms with Crippen LogP contribution in [0, 0.1) is 11.6 Å². The van der Waals surface area contributed by atoms with Gasteiger partial charge >= 0.3 is 0 Å². The van der Waals surface area contributed by atoms with Crippen molar-refractivity contribution < 1.29 is 18.7 Å². The quantitative estimate of drug-likeness (QED) is 0.796. The predicted octanol–water partition coefficient (Wildman–Crippen LogP) is 1.46. The number of hydrogen-bond donors (Lipinski definition) is 1. The van der Waals surface area contributed by atoms with Crippen molar-refractivity contribution in [2.75, 3.05) is 20.1 Å². The van der Waals surface area contributed by atoms with Crippen molar-refractivity contribution in [2.45, 2.75) is 13.0 Å². The summed E-state index contributed by atoms with van der Waals surface area (Å²) in [4.78, 5) is 13.2. The molecular formula is C12H15F2NO2. The van der Waals surface area contributed by atoms with Crippen molar-refractivity contribution >= 4 is 5.78 Å². The summed E-state index contributed by atoms with van der Waals surface area (Å²) in [5, 5.41) is 9.12. The summed E-state index contributed by atoms with van der Waals surface area (Å²) in [6, 6.07) is 2.77. The van der Waals surface area contributed by atoms with Crippen molar-refractivity contribution in [1.29, 1.82) is 0 Å². The van der Waals surface area contributed by atoms with Crippen molar-refractivity contribution in [3.8, 4) is 0 Å². The van der Waals surface area contributed by atoms with E-state index in [1.165, 1.54) is 0 Å². The van der Waals surface area contributed by atoms with Crippen LogP contribution in [0.15, 0.2) is 18.2 Å². The number of aliphatic hydroxyl groups is 1. The van der Waals surface area contributed by atoms with Crippen LogP contribution in [-0.2, 0) is 0 Å². The van der Waals surface area contributed by atoms with Gasteiger partial charge in [0.2, 0.25) is 0 Å². The highest BCUT2D eigenvalue weighted by molar-refractivity contribution is 5.97. The largest absolute Gasteiger partial charge is 0.392 e. The minimum absolute atomic E-state index is 0.0642. The summed E-state index contributed by atoms with van der Waals surface area (Å²) in [5.74, 6) is -1.89. The Kier molecular flexibility index (Phi) is 4.72. The molecule has 0 aliphatic rings. The second-order valence-corrected chi connectivity index (χ2v) is 4.09. The summed E-state index contributed by atoms with van der Waals surface area (Å²) in [5.41, 5.74) is -0.262. The van der Waals surface area contributed by atoms with Crippen LogP contribution >= 0.6 is 0 Å². The molecule has 0 heterocycles. The Labute approximate surface area is 98.7 Å². The lowest BCUT2D eigenvalue weighted by Gasteiger charge is -2.17. The van der Waals surface area contributed by atoms with Crippen molar-refractivity contribution in [1.82, 2.24) is 4.90 Å². The first kappa shape index (κ1) is 13.7. The zero-order chi connectivity index (χ0) is 13.0. The van der Waals surface area contributed by atoms with Crippen LogP contribution in [0.25, 0.3) is 0 Å². The molecule has 1 atom stereocenters. The molecule has 1 rings (SSSR count). The number of Topliss-reactive ketones (excluding diaryl/α,β-unsaturated/α-hetero) is 1. The number of carbonyl (C=O) groups excluding carboxylic acids is 1. The Hall–Kier alpha value is -1.33. The maximum atomic E-state index is 13.3. The van der Waals surface area contributed by atoms with Crippen molar-refractivity contribution in [3.05, 3.63) is 35.4 Å². The molecule has 17 heavy (non-hydrogen) atoms. The van der Waals surface area contributed by atoms with Gasteiger partial charge in [0, 0.05) is 6.54 Å². The standard InChI is InChI=1S/C12H15F2NO2/c1-8(16)6-15(2)7-12(17)10-5-9(13)3-4-11(10)14/h3-5,8,16H,6-7H2,1-2H3. The molecule has 0 aliphatic carbocycles. The number of carbonyl (C=O) groups is 1. The molecule has 5 heteroatoms. The number of halogens is 2. The molecule has 0 fully saturated rings. The van der Waals surface area contributed by atoms with Crippen LogP contribution in [0.3, 0.4) is 0 Å². The number of benzene rings is 1. The van der Waals surface area contributed by atoms with E-state index in [2.05, 4.69) is 0 Å². The van der Waals surface area contributed by atoms with E-state index in [4.69, 9.17) is 5.11 Å². The molecule has 0 spiro atoms. The molecule has 0 bridgehead atoms. The monoisotopic (exact) mass is 243 g/mol. The molecule has 0 aromatic heterocycles. The maximum absolute atomic E-state index is 13.3. The van der Waals surface area contributed by atoms with Gasteiger partial charge in [-0.05, 0) is 32.2 Å². The van der Waals surface area contributed by atoms with Gasteiger partial charge in [-0.15, -0.1) is 0 Å². The molecule has 1 N–H and O–H groups in total. The molecule has 0 radical (unpaired) electrons. The zero-order valence-electron chi connectivity index (χ0n) is 9.78. The fraction of sp³-hybridized carbons (Fsp3) is 0.417. The van der Waals surface area contributed by atoms with E-state index in [1.54, 1.807) is 18.9 Å². The second-order valence-electron chi connectivity index (χ2n) is 4.09. The third-order valence-electron chi connectivity index (χ3n) is 2.22. The highest BCUT2D eigenvalue weighted by atomic mass is 19.1. The van der Waals surface area contributed by atoms with Gasteiger partial charge in [-0.3, -0.25) is 9.69 Å². The van der Waals surface area contributed by atoms with Gasteiger partial charge in [-0.1, -0.05) is 0 Å². The molecular weight excluding hydrogens is 228 g/mol. The molecule has 0 saturated heterocycles. The smallest absolute Gasteiger partial charge is 0.179 e. The topological polar surface area (TPSA) is 40.5 Å². The number of likely N-dealkylation sites (N-methyl/N-ethyl adjacent to an activating group) is 1. The van der Waals surface area contributed by atoms with Crippen molar-refractivity contribution in [2.24, 2.45) is 0 Å². The van der Waals surface area contributed by atoms with Crippen LogP contribution in [0.5, 0.6) is 0 Å². The highest BCUT2D eigenvalue weighted by Crippen LogP contribution is 2.10. The summed E-state index contributed by atoms with van der Waals surface area (Å²) in [7, 11) is 1.63. The Bertz CT molecular complexity index is 407. The lowest BCUT2D eigenvalue weighted by molar-refractivity contribution is 0.0897. The van der Waals surface area contributed by atoms with E-state index >= 15 is 0 Å². The molecule has 0 aliphatic heterocycles. The Morgan fingerprint density at radius 2 is 2.12 bits per heavy atom. The van der Waals surface area contributed by atoms with E-state index < -0.39 is 23.5 Å². The summed E-state index contributed by atoms with van der Waals surface area (Å²) >= 11 is 0. The normalized spacial score (nSPS) is 12.8. The van der Waals surface area contributed by atoms with Gasteiger partial charge in [-0.2, -0.15) is 0 Å². The summed E-state index contributed by atoms with van der Waals surface area (Å²) < 4.78 is 26.2. The van der Waals surface area contributed by atoms with Gasteiger partial charge in [0.1, 0.15) is 11.6 Å². The van der Waals surface area contributed by atoms with E-state index in [9.17, 15) is 13.6 Å². The van der Waals surface area contributed by atoms with Gasteiger partial charge in [0.05, 0.1) is 18.2 Å². The van der Waals surface area contributed by atoms with E-state index in [-0.39, 0.29) is 12.1 Å². The first-order valence-electron chi connectivity index (χ1n) is 5.25. The number of nitrogens with zero attached hydrogens (tertiary/aromatic N) is 1. The Balaban J connectivity index is 2.73. The molecule has 1 unspecified atom stereocenters. The fourth-order valence-electron chi connectivity index (χ4n) is 1.56. The summed E-state index contributed by atoms with van der Waals surface area (Å²) in [6.07, 6.45) is -0.579. The van der Waals surface area contributed by atoms with Crippen molar-refractivity contribution in [3.63, 3.8) is 0 Å². The van der Waals surface area contributed by atoms with Gasteiger partial charge in [0.15, 0.2) is 5.78 Å². The molecule has 94 valence electrons.